The van der Waals surface area contributed by atoms with Gasteiger partial charge in [-0.15, -0.1) is 0 Å². The van der Waals surface area contributed by atoms with Crippen molar-refractivity contribution in [3.8, 4) is 66.8 Å². The fourth-order valence-corrected chi connectivity index (χ4v) is 8.21. The van der Waals surface area contributed by atoms with E-state index < -0.39 is 0 Å². The van der Waals surface area contributed by atoms with Crippen LogP contribution in [0.3, 0.4) is 0 Å². The lowest BCUT2D eigenvalue weighted by molar-refractivity contribution is 1.60. The Morgan fingerprint density at radius 1 is 0.185 bits per heavy atom. The SMILES string of the molecule is c1ccc(-c2ccc(-c3c4cc(-c5ccccc5)ccc4c(-c4cc5ccccc5cc4-c4ccccc4)c4cc(-c5ccccc5)ccc34)cc2)cc1. The van der Waals surface area contributed by atoms with Gasteiger partial charge < -0.3 is 0 Å². The maximum absolute atomic E-state index is 2.43. The molecule has 0 aliphatic heterocycles. The first kappa shape index (κ1) is 31.7. The van der Waals surface area contributed by atoms with Crippen LogP contribution in [0.1, 0.15) is 0 Å². The summed E-state index contributed by atoms with van der Waals surface area (Å²) in [6.45, 7) is 0. The van der Waals surface area contributed by atoms with Crippen LogP contribution in [0.5, 0.6) is 0 Å². The third kappa shape index (κ3) is 5.66. The van der Waals surface area contributed by atoms with Crippen molar-refractivity contribution in [3.63, 3.8) is 0 Å². The Morgan fingerprint density at radius 2 is 0.537 bits per heavy atom. The molecule has 0 spiro atoms. The molecule has 0 nitrogen and oxygen atoms in total. The lowest BCUT2D eigenvalue weighted by Crippen LogP contribution is -1.95. The van der Waals surface area contributed by atoms with Gasteiger partial charge in [0.05, 0.1) is 0 Å². The highest BCUT2D eigenvalue weighted by Crippen LogP contribution is 2.49. The fraction of sp³-hybridized carbons (Fsp3) is 0. The molecule has 0 fully saturated rings. The number of hydrogen-bond donors (Lipinski definition) is 0. The smallest absolute Gasteiger partial charge is 0.00197 e. The number of benzene rings is 10. The molecule has 252 valence electrons. The first-order valence-electron chi connectivity index (χ1n) is 18.7. The molecule has 0 heterocycles. The first-order valence-corrected chi connectivity index (χ1v) is 18.7. The van der Waals surface area contributed by atoms with Gasteiger partial charge in [0, 0.05) is 0 Å². The van der Waals surface area contributed by atoms with Crippen molar-refractivity contribution in [2.75, 3.05) is 0 Å². The van der Waals surface area contributed by atoms with Crippen molar-refractivity contribution in [1.29, 1.82) is 0 Å². The molecular formula is C54H36. The van der Waals surface area contributed by atoms with Crippen LogP contribution in [0.15, 0.2) is 218 Å². The summed E-state index contributed by atoms with van der Waals surface area (Å²) in [5.74, 6) is 0. The minimum absolute atomic E-state index is 1.20. The number of hydrogen-bond acceptors (Lipinski definition) is 0. The van der Waals surface area contributed by atoms with Crippen molar-refractivity contribution in [2.45, 2.75) is 0 Å². The second-order valence-electron chi connectivity index (χ2n) is 14.1. The Bertz CT molecular complexity index is 2930. The van der Waals surface area contributed by atoms with Gasteiger partial charge in [0.1, 0.15) is 0 Å². The Balaban J connectivity index is 1.35. The zero-order valence-electron chi connectivity index (χ0n) is 29.8. The predicted octanol–water partition coefficient (Wildman–Crippen LogP) is 15.1. The summed E-state index contributed by atoms with van der Waals surface area (Å²) >= 11 is 0. The van der Waals surface area contributed by atoms with Gasteiger partial charge in [0.2, 0.25) is 0 Å². The highest BCUT2D eigenvalue weighted by atomic mass is 14.2. The molecule has 54 heavy (non-hydrogen) atoms. The van der Waals surface area contributed by atoms with Crippen molar-refractivity contribution >= 4 is 32.3 Å². The Hall–Kier alpha value is -7.02. The van der Waals surface area contributed by atoms with Gasteiger partial charge in [-0.05, 0) is 123 Å². The molecule has 0 N–H and O–H groups in total. The summed E-state index contributed by atoms with van der Waals surface area (Å²) in [4.78, 5) is 0. The highest BCUT2D eigenvalue weighted by Gasteiger charge is 2.21. The Morgan fingerprint density at radius 3 is 1.06 bits per heavy atom. The van der Waals surface area contributed by atoms with Crippen molar-refractivity contribution in [3.05, 3.63) is 218 Å². The lowest BCUT2D eigenvalue weighted by Gasteiger charge is -2.22. The first-order chi connectivity index (χ1) is 26.8. The van der Waals surface area contributed by atoms with Crippen molar-refractivity contribution < 1.29 is 0 Å². The third-order valence-electron chi connectivity index (χ3n) is 10.9. The molecule has 0 aromatic heterocycles. The second-order valence-corrected chi connectivity index (χ2v) is 14.1. The highest BCUT2D eigenvalue weighted by molar-refractivity contribution is 6.24. The van der Waals surface area contributed by atoms with Crippen molar-refractivity contribution in [2.24, 2.45) is 0 Å². The molecule has 0 radical (unpaired) electrons. The maximum Gasteiger partial charge on any atom is -0.00197 e. The summed E-state index contributed by atoms with van der Waals surface area (Å²) in [7, 11) is 0. The van der Waals surface area contributed by atoms with E-state index in [1.165, 1.54) is 99.1 Å². The molecule has 0 unspecified atom stereocenters. The van der Waals surface area contributed by atoms with E-state index in [2.05, 4.69) is 218 Å². The average Bonchev–Trinajstić information content (AvgIpc) is 3.26. The zero-order chi connectivity index (χ0) is 35.8. The van der Waals surface area contributed by atoms with Crippen LogP contribution in [0.4, 0.5) is 0 Å². The number of rotatable bonds is 6. The Labute approximate surface area is 316 Å². The van der Waals surface area contributed by atoms with Crippen LogP contribution in [-0.2, 0) is 0 Å². The summed E-state index contributed by atoms with van der Waals surface area (Å²) in [6, 6.07) is 79.9. The van der Waals surface area contributed by atoms with E-state index in [9.17, 15) is 0 Å². The third-order valence-corrected chi connectivity index (χ3v) is 10.9. The van der Waals surface area contributed by atoms with Crippen LogP contribution in [-0.4, -0.2) is 0 Å². The van der Waals surface area contributed by atoms with Gasteiger partial charge >= 0.3 is 0 Å². The summed E-state index contributed by atoms with van der Waals surface area (Å²) in [5.41, 5.74) is 14.7. The van der Waals surface area contributed by atoms with Gasteiger partial charge in [-0.25, -0.2) is 0 Å². The predicted molar refractivity (Wildman–Crippen MR) is 232 cm³/mol. The largest absolute Gasteiger partial charge is 0.0622 e. The molecule has 0 aliphatic rings. The summed E-state index contributed by atoms with van der Waals surface area (Å²) in [6.07, 6.45) is 0. The van der Waals surface area contributed by atoms with Crippen molar-refractivity contribution in [1.82, 2.24) is 0 Å². The summed E-state index contributed by atoms with van der Waals surface area (Å²) in [5, 5.41) is 7.43. The van der Waals surface area contributed by atoms with Gasteiger partial charge in [-0.3, -0.25) is 0 Å². The molecular weight excluding hydrogens is 649 g/mol. The van der Waals surface area contributed by atoms with E-state index in [0.717, 1.165) is 0 Å². The zero-order valence-corrected chi connectivity index (χ0v) is 29.8. The van der Waals surface area contributed by atoms with E-state index in [-0.39, 0.29) is 0 Å². The molecule has 0 aliphatic carbocycles. The molecule has 0 bridgehead atoms. The maximum atomic E-state index is 2.43. The second kappa shape index (κ2) is 13.5. The van der Waals surface area contributed by atoms with Gasteiger partial charge in [0.25, 0.3) is 0 Å². The van der Waals surface area contributed by atoms with Crippen LogP contribution >= 0.6 is 0 Å². The van der Waals surface area contributed by atoms with Gasteiger partial charge in [-0.2, -0.15) is 0 Å². The quantitative estimate of drug-likeness (QED) is 0.153. The molecule has 10 rings (SSSR count). The van der Waals surface area contributed by atoms with E-state index in [1.807, 2.05) is 0 Å². The van der Waals surface area contributed by atoms with E-state index in [1.54, 1.807) is 0 Å². The van der Waals surface area contributed by atoms with Crippen LogP contribution in [0.25, 0.3) is 99.1 Å². The van der Waals surface area contributed by atoms with Crippen LogP contribution in [0, 0.1) is 0 Å². The molecule has 0 saturated carbocycles. The lowest BCUT2D eigenvalue weighted by atomic mass is 9.81. The van der Waals surface area contributed by atoms with Gasteiger partial charge in [0.15, 0.2) is 0 Å². The van der Waals surface area contributed by atoms with E-state index in [0.29, 0.717) is 0 Å². The minimum atomic E-state index is 1.20. The average molecular weight is 685 g/mol. The molecule has 0 heteroatoms. The van der Waals surface area contributed by atoms with Crippen LogP contribution in [0.2, 0.25) is 0 Å². The Kier molecular flexibility index (Phi) is 7.93. The molecule has 10 aromatic rings. The van der Waals surface area contributed by atoms with Gasteiger partial charge in [-0.1, -0.05) is 194 Å². The topological polar surface area (TPSA) is 0 Å². The van der Waals surface area contributed by atoms with E-state index >= 15 is 0 Å². The fourth-order valence-electron chi connectivity index (χ4n) is 8.21. The molecule has 0 amide bonds. The standard InChI is InChI=1S/C54H36/c1-5-15-37(16-6-1)40-25-27-42(28-26-40)53-47-31-29-46(39-19-9-3-10-20-39)36-51(47)54(48-32-30-45(35-50(48)53)38-17-7-2-8-18-38)52-34-44-24-14-13-23-43(44)33-49(52)41-21-11-4-12-22-41/h1-36H. The molecule has 0 atom stereocenters. The monoisotopic (exact) mass is 684 g/mol. The number of fused-ring (bicyclic) bond motifs is 3. The van der Waals surface area contributed by atoms with E-state index in [4.69, 9.17) is 0 Å². The molecule has 0 saturated heterocycles. The van der Waals surface area contributed by atoms with Crippen LogP contribution < -0.4 is 0 Å². The molecule has 10 aromatic carbocycles. The minimum Gasteiger partial charge on any atom is -0.0622 e. The normalized spacial score (nSPS) is 11.3. The summed E-state index contributed by atoms with van der Waals surface area (Å²) < 4.78 is 0.